The van der Waals surface area contributed by atoms with Crippen LogP contribution in [-0.4, -0.2) is 21.6 Å². The van der Waals surface area contributed by atoms with Crippen LogP contribution in [0.15, 0.2) is 16.6 Å². The molecule has 0 heterocycles. The van der Waals surface area contributed by atoms with Gasteiger partial charge in [-0.1, -0.05) is 15.9 Å². The number of rotatable bonds is 5. The van der Waals surface area contributed by atoms with Gasteiger partial charge in [0.2, 0.25) is 9.05 Å². The lowest BCUT2D eigenvalue weighted by atomic mass is 10.2. The molecule has 0 saturated carbocycles. The molecule has 0 N–H and O–H groups in total. The Morgan fingerprint density at radius 3 is 2.39 bits per heavy atom. The maximum atomic E-state index is 11.1. The molecule has 0 radical (unpaired) electrons. The molecule has 4 nitrogen and oxygen atoms in total. The summed E-state index contributed by atoms with van der Waals surface area (Å²) in [5.74, 6) is 0.755. The average Bonchev–Trinajstić information content (AvgIpc) is 2.19. The lowest BCUT2D eigenvalue weighted by molar-refractivity contribution is 0.230. The van der Waals surface area contributed by atoms with Gasteiger partial charge in [-0.15, -0.1) is 0 Å². The molecule has 0 aliphatic rings. The predicted octanol–water partition coefficient (Wildman–Crippen LogP) is 3.31. The van der Waals surface area contributed by atoms with Crippen LogP contribution in [-0.2, 0) is 14.8 Å². The van der Waals surface area contributed by atoms with E-state index in [2.05, 4.69) is 15.9 Å². The van der Waals surface area contributed by atoms with Gasteiger partial charge in [-0.2, -0.15) is 0 Å². The van der Waals surface area contributed by atoms with Crippen molar-refractivity contribution in [2.75, 3.05) is 7.11 Å². The van der Waals surface area contributed by atoms with Crippen LogP contribution in [0.5, 0.6) is 11.5 Å². The van der Waals surface area contributed by atoms with Crippen molar-refractivity contribution in [3.05, 3.63) is 22.2 Å². The minimum Gasteiger partial charge on any atom is -0.493 e. The number of methoxy groups -OCH3 is 1. The Bertz CT molecular complexity index is 528. The molecule has 0 aliphatic carbocycles. The van der Waals surface area contributed by atoms with E-state index in [1.165, 1.54) is 7.11 Å². The van der Waals surface area contributed by atoms with Gasteiger partial charge in [0.1, 0.15) is 0 Å². The zero-order valence-electron chi connectivity index (χ0n) is 10.2. The van der Waals surface area contributed by atoms with Gasteiger partial charge in [0, 0.05) is 15.2 Å². The number of halogens is 2. The molecule has 102 valence electrons. The van der Waals surface area contributed by atoms with E-state index in [0.717, 1.165) is 0 Å². The first kappa shape index (κ1) is 15.6. The van der Waals surface area contributed by atoms with Crippen LogP contribution in [0.3, 0.4) is 0 Å². The van der Waals surface area contributed by atoms with Crippen molar-refractivity contribution in [2.24, 2.45) is 0 Å². The predicted molar refractivity (Wildman–Crippen MR) is 74.9 cm³/mol. The zero-order chi connectivity index (χ0) is 13.9. The largest absolute Gasteiger partial charge is 0.493 e. The summed E-state index contributed by atoms with van der Waals surface area (Å²) in [6.45, 7) is 3.75. The summed E-state index contributed by atoms with van der Waals surface area (Å²) < 4.78 is 33.6. The van der Waals surface area contributed by atoms with Crippen LogP contribution in [0.1, 0.15) is 19.4 Å². The number of ether oxygens (including phenoxy) is 2. The maximum Gasteiger partial charge on any atom is 0.236 e. The SMILES string of the molecule is COc1cc(Br)c(CS(=O)(=O)Cl)cc1OC(C)C. The Hall–Kier alpha value is -0.460. The first-order valence-corrected chi connectivity index (χ1v) is 8.45. The Morgan fingerprint density at radius 1 is 1.33 bits per heavy atom. The molecule has 1 aromatic carbocycles. The minimum atomic E-state index is -3.62. The van der Waals surface area contributed by atoms with Crippen LogP contribution in [0.25, 0.3) is 0 Å². The molecule has 18 heavy (non-hydrogen) atoms. The highest BCUT2D eigenvalue weighted by molar-refractivity contribution is 9.10. The van der Waals surface area contributed by atoms with Crippen LogP contribution < -0.4 is 9.47 Å². The quantitative estimate of drug-likeness (QED) is 0.759. The molecule has 0 aromatic heterocycles. The van der Waals surface area contributed by atoms with Crippen molar-refractivity contribution in [2.45, 2.75) is 25.7 Å². The summed E-state index contributed by atoms with van der Waals surface area (Å²) >= 11 is 3.28. The van der Waals surface area contributed by atoms with Gasteiger partial charge in [-0.05, 0) is 31.5 Å². The molecular formula is C11H14BrClO4S. The van der Waals surface area contributed by atoms with E-state index in [1.54, 1.807) is 12.1 Å². The number of benzene rings is 1. The number of hydrogen-bond donors (Lipinski definition) is 0. The molecule has 0 aliphatic heterocycles. The Kier molecular flexibility index (Phi) is 5.31. The Balaban J connectivity index is 3.20. The molecule has 0 atom stereocenters. The fourth-order valence-corrected chi connectivity index (χ4v) is 2.99. The molecule has 0 amide bonds. The molecule has 0 saturated heterocycles. The van der Waals surface area contributed by atoms with E-state index in [0.29, 0.717) is 21.5 Å². The highest BCUT2D eigenvalue weighted by Gasteiger charge is 2.15. The van der Waals surface area contributed by atoms with Crippen molar-refractivity contribution in [1.29, 1.82) is 0 Å². The third kappa shape index (κ3) is 4.66. The van der Waals surface area contributed by atoms with E-state index in [9.17, 15) is 8.42 Å². The lowest BCUT2D eigenvalue weighted by Gasteiger charge is -2.15. The van der Waals surface area contributed by atoms with Gasteiger partial charge in [0.15, 0.2) is 11.5 Å². The number of hydrogen-bond acceptors (Lipinski definition) is 4. The zero-order valence-corrected chi connectivity index (χ0v) is 13.4. The molecular weight excluding hydrogens is 344 g/mol. The summed E-state index contributed by atoms with van der Waals surface area (Å²) in [7, 11) is 3.15. The van der Waals surface area contributed by atoms with E-state index in [4.69, 9.17) is 20.2 Å². The summed E-state index contributed by atoms with van der Waals surface area (Å²) in [5, 5.41) is 0. The van der Waals surface area contributed by atoms with Crippen molar-refractivity contribution in [3.8, 4) is 11.5 Å². The van der Waals surface area contributed by atoms with Crippen molar-refractivity contribution in [1.82, 2.24) is 0 Å². The van der Waals surface area contributed by atoms with Gasteiger partial charge in [0.05, 0.1) is 19.0 Å². The van der Waals surface area contributed by atoms with E-state index < -0.39 is 9.05 Å². The van der Waals surface area contributed by atoms with Gasteiger partial charge >= 0.3 is 0 Å². The molecule has 0 unspecified atom stereocenters. The molecule has 0 spiro atoms. The highest BCUT2D eigenvalue weighted by Crippen LogP contribution is 2.35. The van der Waals surface area contributed by atoms with Crippen LogP contribution in [0.2, 0.25) is 0 Å². The monoisotopic (exact) mass is 356 g/mol. The van der Waals surface area contributed by atoms with Gasteiger partial charge in [0.25, 0.3) is 0 Å². The first-order valence-electron chi connectivity index (χ1n) is 5.18. The Morgan fingerprint density at radius 2 is 1.94 bits per heavy atom. The van der Waals surface area contributed by atoms with E-state index >= 15 is 0 Å². The van der Waals surface area contributed by atoms with Crippen LogP contribution >= 0.6 is 26.6 Å². The second kappa shape index (κ2) is 6.12. The van der Waals surface area contributed by atoms with Gasteiger partial charge in [-0.3, -0.25) is 0 Å². The summed E-state index contributed by atoms with van der Waals surface area (Å²) in [6.07, 6.45) is -0.0412. The third-order valence-electron chi connectivity index (χ3n) is 2.02. The summed E-state index contributed by atoms with van der Waals surface area (Å²) in [4.78, 5) is 0. The summed E-state index contributed by atoms with van der Waals surface area (Å²) in [6, 6.07) is 3.28. The first-order chi connectivity index (χ1) is 8.23. The third-order valence-corrected chi connectivity index (χ3v) is 3.74. The van der Waals surface area contributed by atoms with Crippen molar-refractivity contribution >= 4 is 35.7 Å². The Labute approximate surface area is 120 Å². The fourth-order valence-electron chi connectivity index (χ4n) is 1.38. The minimum absolute atomic E-state index is 0.0412. The fraction of sp³-hybridized carbons (Fsp3) is 0.455. The molecule has 0 fully saturated rings. The normalized spacial score (nSPS) is 11.7. The average molecular weight is 358 g/mol. The smallest absolute Gasteiger partial charge is 0.236 e. The molecule has 1 aromatic rings. The molecule has 7 heteroatoms. The van der Waals surface area contributed by atoms with E-state index in [-0.39, 0.29) is 11.9 Å². The van der Waals surface area contributed by atoms with Crippen LogP contribution in [0, 0.1) is 0 Å². The van der Waals surface area contributed by atoms with Gasteiger partial charge in [-0.25, -0.2) is 8.42 Å². The van der Waals surface area contributed by atoms with Crippen molar-refractivity contribution < 1.29 is 17.9 Å². The topological polar surface area (TPSA) is 52.6 Å². The maximum absolute atomic E-state index is 11.1. The standard InChI is InChI=1S/C11H14BrClO4S/c1-7(2)17-11-4-8(6-18(13,14)15)9(12)5-10(11)16-3/h4-5,7H,6H2,1-3H3. The van der Waals surface area contributed by atoms with Crippen molar-refractivity contribution in [3.63, 3.8) is 0 Å². The summed E-state index contributed by atoms with van der Waals surface area (Å²) in [5.41, 5.74) is 0.529. The lowest BCUT2D eigenvalue weighted by Crippen LogP contribution is -2.08. The molecule has 0 bridgehead atoms. The van der Waals surface area contributed by atoms with E-state index in [1.807, 2.05) is 13.8 Å². The second-order valence-corrected chi connectivity index (χ2v) is 7.58. The van der Waals surface area contributed by atoms with Gasteiger partial charge < -0.3 is 9.47 Å². The highest BCUT2D eigenvalue weighted by atomic mass is 79.9. The second-order valence-electron chi connectivity index (χ2n) is 3.94. The van der Waals surface area contributed by atoms with Crippen LogP contribution in [0.4, 0.5) is 0 Å². The molecule has 1 rings (SSSR count).